The Hall–Kier alpha value is -1.57. The number of hydrogen-bond acceptors (Lipinski definition) is 1. The summed E-state index contributed by atoms with van der Waals surface area (Å²) in [6, 6.07) is 8.41. The maximum absolute atomic E-state index is 7.77. The SMILES string of the molecule is CCCC(=N)CCCc1c[nH]c2ccccc12. The summed E-state index contributed by atoms with van der Waals surface area (Å²) >= 11 is 0. The highest BCUT2D eigenvalue weighted by Gasteiger charge is 2.03. The molecule has 90 valence electrons. The summed E-state index contributed by atoms with van der Waals surface area (Å²) in [5, 5.41) is 9.10. The standard InChI is InChI=1S/C15H20N2/c1-2-6-13(16)8-5-7-12-11-17-15-10-4-3-9-14(12)15/h3-4,9-11,16-17H,2,5-8H2,1H3. The third kappa shape index (κ3) is 2.96. The largest absolute Gasteiger partial charge is 0.361 e. The number of rotatable bonds is 6. The van der Waals surface area contributed by atoms with E-state index in [4.69, 9.17) is 5.41 Å². The van der Waals surface area contributed by atoms with Crippen LogP contribution in [0.3, 0.4) is 0 Å². The Morgan fingerprint density at radius 3 is 2.88 bits per heavy atom. The van der Waals surface area contributed by atoms with Crippen LogP contribution in [-0.2, 0) is 6.42 Å². The van der Waals surface area contributed by atoms with Gasteiger partial charge in [-0.25, -0.2) is 0 Å². The Kier molecular flexibility index (Phi) is 3.97. The van der Waals surface area contributed by atoms with Crippen LogP contribution in [0, 0.1) is 5.41 Å². The van der Waals surface area contributed by atoms with Crippen molar-refractivity contribution in [2.45, 2.75) is 39.0 Å². The number of aromatic amines is 1. The molecule has 2 rings (SSSR count). The zero-order chi connectivity index (χ0) is 12.1. The first-order valence-electron chi connectivity index (χ1n) is 6.42. The predicted molar refractivity (Wildman–Crippen MR) is 73.9 cm³/mol. The van der Waals surface area contributed by atoms with Gasteiger partial charge in [-0.05, 0) is 37.3 Å². The van der Waals surface area contributed by atoms with Crippen LogP contribution in [0.25, 0.3) is 10.9 Å². The molecule has 0 aliphatic rings. The summed E-state index contributed by atoms with van der Waals surface area (Å²) in [4.78, 5) is 3.30. The summed E-state index contributed by atoms with van der Waals surface area (Å²) in [6.45, 7) is 2.13. The Labute approximate surface area is 103 Å². The molecule has 0 aliphatic heterocycles. The fraction of sp³-hybridized carbons (Fsp3) is 0.400. The fourth-order valence-electron chi connectivity index (χ4n) is 2.26. The minimum atomic E-state index is 0.896. The molecular formula is C15H20N2. The van der Waals surface area contributed by atoms with Gasteiger partial charge in [0.15, 0.2) is 0 Å². The number of aryl methyl sites for hydroxylation is 1. The topological polar surface area (TPSA) is 39.6 Å². The number of hydrogen-bond donors (Lipinski definition) is 2. The highest BCUT2D eigenvalue weighted by atomic mass is 14.7. The maximum Gasteiger partial charge on any atom is 0.0456 e. The third-order valence-electron chi connectivity index (χ3n) is 3.15. The molecule has 0 unspecified atom stereocenters. The van der Waals surface area contributed by atoms with Gasteiger partial charge in [-0.15, -0.1) is 0 Å². The van der Waals surface area contributed by atoms with Crippen LogP contribution in [0.4, 0.5) is 0 Å². The van der Waals surface area contributed by atoms with Gasteiger partial charge in [-0.3, -0.25) is 0 Å². The molecule has 2 nitrogen and oxygen atoms in total. The summed E-state index contributed by atoms with van der Waals surface area (Å²) in [6.07, 6.45) is 7.23. The lowest BCUT2D eigenvalue weighted by Gasteiger charge is -2.02. The van der Waals surface area contributed by atoms with E-state index < -0.39 is 0 Å². The van der Waals surface area contributed by atoms with Crippen LogP contribution in [0.5, 0.6) is 0 Å². The van der Waals surface area contributed by atoms with E-state index in [9.17, 15) is 0 Å². The van der Waals surface area contributed by atoms with Crippen LogP contribution in [-0.4, -0.2) is 10.7 Å². The molecule has 2 aromatic rings. The predicted octanol–water partition coefficient (Wildman–Crippen LogP) is 4.31. The molecule has 0 amide bonds. The summed E-state index contributed by atoms with van der Waals surface area (Å²) < 4.78 is 0. The van der Waals surface area contributed by atoms with Gasteiger partial charge in [0.2, 0.25) is 0 Å². The van der Waals surface area contributed by atoms with Gasteiger partial charge in [0, 0.05) is 22.8 Å². The summed E-state index contributed by atoms with van der Waals surface area (Å²) in [5.41, 5.74) is 3.49. The first-order valence-corrected chi connectivity index (χ1v) is 6.42. The third-order valence-corrected chi connectivity index (χ3v) is 3.15. The molecule has 0 aliphatic carbocycles. The monoisotopic (exact) mass is 228 g/mol. The molecule has 0 radical (unpaired) electrons. The fourth-order valence-corrected chi connectivity index (χ4v) is 2.26. The lowest BCUT2D eigenvalue weighted by Crippen LogP contribution is -1.96. The quantitative estimate of drug-likeness (QED) is 0.692. The van der Waals surface area contributed by atoms with E-state index in [0.717, 1.165) is 37.8 Å². The van der Waals surface area contributed by atoms with Crippen molar-refractivity contribution in [2.24, 2.45) is 0 Å². The Bertz CT molecular complexity index is 496. The molecule has 0 atom stereocenters. The van der Waals surface area contributed by atoms with Gasteiger partial charge in [0.25, 0.3) is 0 Å². The highest BCUT2D eigenvalue weighted by molar-refractivity contribution is 5.83. The lowest BCUT2D eigenvalue weighted by atomic mass is 10.0. The number of para-hydroxylation sites is 1. The lowest BCUT2D eigenvalue weighted by molar-refractivity contribution is 0.839. The summed E-state index contributed by atoms with van der Waals surface area (Å²) in [7, 11) is 0. The molecule has 1 aromatic carbocycles. The molecule has 1 heterocycles. The van der Waals surface area contributed by atoms with Crippen molar-refractivity contribution >= 4 is 16.6 Å². The molecule has 1 aromatic heterocycles. The summed E-state index contributed by atoms with van der Waals surface area (Å²) in [5.74, 6) is 0. The van der Waals surface area contributed by atoms with Gasteiger partial charge >= 0.3 is 0 Å². The van der Waals surface area contributed by atoms with Crippen molar-refractivity contribution in [3.63, 3.8) is 0 Å². The van der Waals surface area contributed by atoms with Gasteiger partial charge in [-0.2, -0.15) is 0 Å². The molecule has 2 heteroatoms. The second-order valence-electron chi connectivity index (χ2n) is 4.57. The maximum atomic E-state index is 7.77. The van der Waals surface area contributed by atoms with Crippen molar-refractivity contribution in [1.29, 1.82) is 5.41 Å². The van der Waals surface area contributed by atoms with Crippen LogP contribution in [0.1, 0.15) is 38.2 Å². The normalized spacial score (nSPS) is 10.9. The molecule has 0 bridgehead atoms. The van der Waals surface area contributed by atoms with Crippen LogP contribution >= 0.6 is 0 Å². The van der Waals surface area contributed by atoms with E-state index in [-0.39, 0.29) is 0 Å². The van der Waals surface area contributed by atoms with Gasteiger partial charge in [0.05, 0.1) is 0 Å². The Morgan fingerprint density at radius 1 is 1.24 bits per heavy atom. The van der Waals surface area contributed by atoms with Crippen LogP contribution in [0.15, 0.2) is 30.5 Å². The molecule has 0 spiro atoms. The van der Waals surface area contributed by atoms with E-state index in [1.165, 1.54) is 16.5 Å². The van der Waals surface area contributed by atoms with Crippen molar-refractivity contribution in [2.75, 3.05) is 0 Å². The second-order valence-corrected chi connectivity index (χ2v) is 4.57. The molecule has 0 fully saturated rings. The van der Waals surface area contributed by atoms with E-state index >= 15 is 0 Å². The van der Waals surface area contributed by atoms with Crippen molar-refractivity contribution in [3.8, 4) is 0 Å². The minimum Gasteiger partial charge on any atom is -0.361 e. The zero-order valence-electron chi connectivity index (χ0n) is 10.4. The molecule has 2 N–H and O–H groups in total. The zero-order valence-corrected chi connectivity index (χ0v) is 10.4. The van der Waals surface area contributed by atoms with E-state index in [1.54, 1.807) is 0 Å². The Balaban J connectivity index is 1.93. The minimum absolute atomic E-state index is 0.896. The van der Waals surface area contributed by atoms with Crippen LogP contribution in [0.2, 0.25) is 0 Å². The van der Waals surface area contributed by atoms with Gasteiger partial charge in [-0.1, -0.05) is 31.5 Å². The number of H-pyrrole nitrogens is 1. The van der Waals surface area contributed by atoms with E-state index in [0.29, 0.717) is 0 Å². The smallest absolute Gasteiger partial charge is 0.0456 e. The Morgan fingerprint density at radius 2 is 2.06 bits per heavy atom. The second kappa shape index (κ2) is 5.67. The number of fused-ring (bicyclic) bond motifs is 1. The van der Waals surface area contributed by atoms with Crippen molar-refractivity contribution in [1.82, 2.24) is 4.98 Å². The first-order chi connectivity index (χ1) is 8.31. The molecular weight excluding hydrogens is 208 g/mol. The van der Waals surface area contributed by atoms with Crippen molar-refractivity contribution < 1.29 is 0 Å². The van der Waals surface area contributed by atoms with Crippen LogP contribution < -0.4 is 0 Å². The molecule has 0 saturated heterocycles. The average molecular weight is 228 g/mol. The first kappa shape index (κ1) is 11.9. The van der Waals surface area contributed by atoms with E-state index in [1.807, 2.05) is 0 Å². The highest BCUT2D eigenvalue weighted by Crippen LogP contribution is 2.19. The van der Waals surface area contributed by atoms with E-state index in [2.05, 4.69) is 42.4 Å². The number of nitrogens with one attached hydrogen (secondary N) is 2. The average Bonchev–Trinajstić information content (AvgIpc) is 2.73. The molecule has 0 saturated carbocycles. The number of aromatic nitrogens is 1. The van der Waals surface area contributed by atoms with Crippen molar-refractivity contribution in [3.05, 3.63) is 36.0 Å². The van der Waals surface area contributed by atoms with Gasteiger partial charge in [0.1, 0.15) is 0 Å². The number of benzene rings is 1. The van der Waals surface area contributed by atoms with Gasteiger partial charge < -0.3 is 10.4 Å². The molecule has 17 heavy (non-hydrogen) atoms.